The fourth-order valence-corrected chi connectivity index (χ4v) is 1.42. The second-order valence-electron chi connectivity index (χ2n) is 1.98. The Labute approximate surface area is 68.8 Å². The van der Waals surface area contributed by atoms with E-state index in [4.69, 9.17) is 0 Å². The van der Waals surface area contributed by atoms with Gasteiger partial charge in [-0.05, 0) is 18.0 Å². The number of amides is 1. The lowest BCUT2D eigenvalue weighted by Crippen LogP contribution is -2.17. The molecule has 0 aliphatic rings. The summed E-state index contributed by atoms with van der Waals surface area (Å²) in [7, 11) is 1.60. The maximum atomic E-state index is 11.1. The van der Waals surface area contributed by atoms with E-state index in [0.29, 0.717) is 4.88 Å². The molecule has 0 unspecified atom stereocenters. The SMILES string of the molecule is CCc1nnsc1C(=O)NC. The molecule has 1 aromatic heterocycles. The lowest BCUT2D eigenvalue weighted by atomic mass is 10.3. The third-order valence-corrected chi connectivity index (χ3v) is 2.09. The minimum absolute atomic E-state index is 0.100. The first-order valence-electron chi connectivity index (χ1n) is 3.33. The maximum absolute atomic E-state index is 11.1. The zero-order valence-electron chi connectivity index (χ0n) is 6.42. The molecule has 0 aliphatic carbocycles. The predicted octanol–water partition coefficient (Wildman–Crippen LogP) is 0.460. The topological polar surface area (TPSA) is 54.9 Å². The Morgan fingerprint density at radius 2 is 2.45 bits per heavy atom. The van der Waals surface area contributed by atoms with E-state index in [1.165, 1.54) is 0 Å². The fraction of sp³-hybridized carbons (Fsp3) is 0.500. The second kappa shape index (κ2) is 3.43. The van der Waals surface area contributed by atoms with Gasteiger partial charge in [0.05, 0.1) is 5.69 Å². The van der Waals surface area contributed by atoms with E-state index in [0.717, 1.165) is 23.6 Å². The fourth-order valence-electron chi connectivity index (χ4n) is 0.726. The summed E-state index contributed by atoms with van der Waals surface area (Å²) in [5, 5.41) is 6.34. The van der Waals surface area contributed by atoms with Crippen molar-refractivity contribution in [2.75, 3.05) is 7.05 Å². The molecule has 11 heavy (non-hydrogen) atoms. The standard InChI is InChI=1S/C6H9N3OS/c1-3-4-5(6(10)7-2)11-9-8-4/h3H2,1-2H3,(H,7,10). The normalized spacial score (nSPS) is 9.64. The molecule has 0 atom stereocenters. The van der Waals surface area contributed by atoms with Gasteiger partial charge in [-0.1, -0.05) is 11.4 Å². The van der Waals surface area contributed by atoms with Crippen molar-refractivity contribution in [3.8, 4) is 0 Å². The summed E-state index contributed by atoms with van der Waals surface area (Å²) in [6, 6.07) is 0. The van der Waals surface area contributed by atoms with Crippen LogP contribution < -0.4 is 5.32 Å². The first kappa shape index (κ1) is 8.13. The van der Waals surface area contributed by atoms with Crippen molar-refractivity contribution in [1.82, 2.24) is 14.9 Å². The number of hydrogen-bond donors (Lipinski definition) is 1. The van der Waals surface area contributed by atoms with Crippen LogP contribution in [0.15, 0.2) is 0 Å². The Kier molecular flexibility index (Phi) is 2.53. The highest BCUT2D eigenvalue weighted by Gasteiger charge is 2.12. The molecule has 1 aromatic rings. The van der Waals surface area contributed by atoms with Gasteiger partial charge in [0.25, 0.3) is 5.91 Å². The molecule has 4 nitrogen and oxygen atoms in total. The molecule has 0 aliphatic heterocycles. The summed E-state index contributed by atoms with van der Waals surface area (Å²) >= 11 is 1.13. The minimum Gasteiger partial charge on any atom is -0.354 e. The highest BCUT2D eigenvalue weighted by molar-refractivity contribution is 7.08. The summed E-state index contributed by atoms with van der Waals surface area (Å²) in [6.07, 6.45) is 0.749. The smallest absolute Gasteiger partial charge is 0.264 e. The molecule has 0 radical (unpaired) electrons. The van der Waals surface area contributed by atoms with Crippen molar-refractivity contribution < 1.29 is 4.79 Å². The molecule has 60 valence electrons. The lowest BCUT2D eigenvalue weighted by Gasteiger charge is -1.94. The number of rotatable bonds is 2. The molecule has 1 rings (SSSR count). The van der Waals surface area contributed by atoms with Gasteiger partial charge in [0.15, 0.2) is 0 Å². The summed E-state index contributed by atoms with van der Waals surface area (Å²) < 4.78 is 3.69. The quantitative estimate of drug-likeness (QED) is 0.703. The average Bonchev–Trinajstić information content (AvgIpc) is 2.50. The van der Waals surface area contributed by atoms with Crippen LogP contribution in [0.4, 0.5) is 0 Å². The highest BCUT2D eigenvalue weighted by Crippen LogP contribution is 2.09. The van der Waals surface area contributed by atoms with Crippen LogP contribution in [0.1, 0.15) is 22.3 Å². The Hall–Kier alpha value is -0.970. The van der Waals surface area contributed by atoms with Gasteiger partial charge >= 0.3 is 0 Å². The summed E-state index contributed by atoms with van der Waals surface area (Å²) in [5.74, 6) is -0.100. The van der Waals surface area contributed by atoms with Crippen LogP contribution in [0, 0.1) is 0 Å². The average molecular weight is 171 g/mol. The molecule has 0 saturated carbocycles. The van der Waals surface area contributed by atoms with Crippen molar-refractivity contribution in [3.05, 3.63) is 10.6 Å². The molecule has 0 fully saturated rings. The van der Waals surface area contributed by atoms with E-state index in [-0.39, 0.29) is 5.91 Å². The van der Waals surface area contributed by atoms with Gasteiger partial charge in [-0.15, -0.1) is 5.10 Å². The van der Waals surface area contributed by atoms with Gasteiger partial charge in [-0.2, -0.15) is 0 Å². The number of aromatic nitrogens is 2. The zero-order valence-corrected chi connectivity index (χ0v) is 7.23. The highest BCUT2D eigenvalue weighted by atomic mass is 32.1. The summed E-state index contributed by atoms with van der Waals surface area (Å²) in [4.78, 5) is 11.7. The largest absolute Gasteiger partial charge is 0.354 e. The van der Waals surface area contributed by atoms with E-state index in [1.54, 1.807) is 7.05 Å². The zero-order chi connectivity index (χ0) is 8.27. The van der Waals surface area contributed by atoms with Crippen molar-refractivity contribution >= 4 is 17.4 Å². The second-order valence-corrected chi connectivity index (χ2v) is 2.74. The van der Waals surface area contributed by atoms with Crippen LogP contribution in [0.2, 0.25) is 0 Å². The van der Waals surface area contributed by atoms with Crippen molar-refractivity contribution in [3.63, 3.8) is 0 Å². The van der Waals surface area contributed by atoms with Gasteiger partial charge in [-0.25, -0.2) is 0 Å². The van der Waals surface area contributed by atoms with E-state index < -0.39 is 0 Å². The van der Waals surface area contributed by atoms with Gasteiger partial charge < -0.3 is 5.32 Å². The third kappa shape index (κ3) is 1.54. The molecule has 5 heteroatoms. The maximum Gasteiger partial charge on any atom is 0.264 e. The first-order valence-corrected chi connectivity index (χ1v) is 4.10. The molecule has 0 saturated heterocycles. The van der Waals surface area contributed by atoms with E-state index >= 15 is 0 Å². The van der Waals surface area contributed by atoms with Gasteiger partial charge in [0, 0.05) is 7.05 Å². The van der Waals surface area contributed by atoms with Crippen LogP contribution in [0.3, 0.4) is 0 Å². The monoisotopic (exact) mass is 171 g/mol. The predicted molar refractivity (Wildman–Crippen MR) is 42.7 cm³/mol. The molecule has 1 amide bonds. The number of nitrogens with zero attached hydrogens (tertiary/aromatic N) is 2. The van der Waals surface area contributed by atoms with Gasteiger partial charge in [0.1, 0.15) is 4.88 Å². The number of nitrogens with one attached hydrogen (secondary N) is 1. The van der Waals surface area contributed by atoms with Crippen molar-refractivity contribution in [2.24, 2.45) is 0 Å². The Morgan fingerprint density at radius 3 is 3.00 bits per heavy atom. The van der Waals surface area contributed by atoms with Crippen LogP contribution in [-0.2, 0) is 6.42 Å². The van der Waals surface area contributed by atoms with Gasteiger partial charge in [0.2, 0.25) is 0 Å². The molecular formula is C6H9N3OS. The van der Waals surface area contributed by atoms with Crippen LogP contribution in [0.5, 0.6) is 0 Å². The molecule has 1 N–H and O–H groups in total. The molecular weight excluding hydrogens is 162 g/mol. The molecule has 0 aromatic carbocycles. The van der Waals surface area contributed by atoms with Crippen molar-refractivity contribution in [2.45, 2.75) is 13.3 Å². The van der Waals surface area contributed by atoms with Crippen LogP contribution >= 0.6 is 11.5 Å². The summed E-state index contributed by atoms with van der Waals surface area (Å²) in [5.41, 5.74) is 0.773. The van der Waals surface area contributed by atoms with Crippen LogP contribution in [0.25, 0.3) is 0 Å². The molecule has 0 spiro atoms. The van der Waals surface area contributed by atoms with E-state index in [2.05, 4.69) is 14.9 Å². The Morgan fingerprint density at radius 1 is 1.73 bits per heavy atom. The number of aryl methyl sites for hydroxylation is 1. The third-order valence-electron chi connectivity index (χ3n) is 1.32. The minimum atomic E-state index is -0.100. The van der Waals surface area contributed by atoms with Crippen molar-refractivity contribution in [1.29, 1.82) is 0 Å². The Balaban J connectivity index is 2.92. The molecule has 1 heterocycles. The van der Waals surface area contributed by atoms with E-state index in [9.17, 15) is 4.79 Å². The number of carbonyl (C=O) groups is 1. The number of carbonyl (C=O) groups excluding carboxylic acids is 1. The molecule has 0 bridgehead atoms. The Bertz CT molecular complexity index is 258. The number of hydrogen-bond acceptors (Lipinski definition) is 4. The van der Waals surface area contributed by atoms with Crippen LogP contribution in [-0.4, -0.2) is 22.5 Å². The van der Waals surface area contributed by atoms with E-state index in [1.807, 2.05) is 6.92 Å². The summed E-state index contributed by atoms with van der Waals surface area (Å²) in [6.45, 7) is 1.95. The van der Waals surface area contributed by atoms with Gasteiger partial charge in [-0.3, -0.25) is 4.79 Å². The first-order chi connectivity index (χ1) is 5.29. The lowest BCUT2D eigenvalue weighted by molar-refractivity contribution is 0.0966.